The molecule has 4 heteroatoms. The van der Waals surface area contributed by atoms with E-state index in [2.05, 4.69) is 65.4 Å². The van der Waals surface area contributed by atoms with Gasteiger partial charge in [0, 0.05) is 44.0 Å². The van der Waals surface area contributed by atoms with Crippen LogP contribution in [0.3, 0.4) is 0 Å². The van der Waals surface area contributed by atoms with Crippen molar-refractivity contribution in [1.82, 2.24) is 10.2 Å². The molecule has 1 amide bonds. The Kier molecular flexibility index (Phi) is 7.29. The highest BCUT2D eigenvalue weighted by molar-refractivity contribution is 5.94. The van der Waals surface area contributed by atoms with E-state index in [0.717, 1.165) is 50.0 Å². The number of hydrogen-bond acceptors (Lipinski definition) is 3. The van der Waals surface area contributed by atoms with E-state index in [1.54, 1.807) is 0 Å². The molecule has 2 aromatic carbocycles. The molecule has 166 valence electrons. The first-order valence-corrected chi connectivity index (χ1v) is 12.0. The standard InChI is InChI=1S/C27H37N3O/c1-21-17-22(2)19-29(18-21)15-6-14-28-27(31)25-12-10-23(11-13-25)20-30-16-5-8-24-7-3-4-9-26(24)30/h3-4,7,9-13,21-22H,5-6,8,14-20H2,1-2H3,(H,28,31)/t21-,22+. The summed E-state index contributed by atoms with van der Waals surface area (Å²) in [5.41, 5.74) is 4.80. The van der Waals surface area contributed by atoms with Gasteiger partial charge in [0.25, 0.3) is 5.91 Å². The fraction of sp³-hybridized carbons (Fsp3) is 0.519. The lowest BCUT2D eigenvalue weighted by molar-refractivity contribution is 0.0947. The van der Waals surface area contributed by atoms with E-state index < -0.39 is 0 Å². The number of carbonyl (C=O) groups excluding carboxylic acids is 1. The number of nitrogens with zero attached hydrogens (tertiary/aromatic N) is 2. The smallest absolute Gasteiger partial charge is 0.251 e. The van der Waals surface area contributed by atoms with Crippen LogP contribution in [-0.2, 0) is 13.0 Å². The Bertz CT molecular complexity index is 853. The molecule has 2 aromatic rings. The van der Waals surface area contributed by atoms with Crippen LogP contribution in [0, 0.1) is 11.8 Å². The molecule has 2 heterocycles. The molecule has 2 aliphatic rings. The second-order valence-electron chi connectivity index (χ2n) is 9.67. The van der Waals surface area contributed by atoms with Gasteiger partial charge in [0.1, 0.15) is 0 Å². The van der Waals surface area contributed by atoms with Gasteiger partial charge in [-0.3, -0.25) is 4.79 Å². The molecule has 0 saturated carbocycles. The normalized spacial score (nSPS) is 21.5. The van der Waals surface area contributed by atoms with Gasteiger partial charge in [-0.25, -0.2) is 0 Å². The highest BCUT2D eigenvalue weighted by atomic mass is 16.1. The first-order chi connectivity index (χ1) is 15.1. The fourth-order valence-corrected chi connectivity index (χ4v) is 5.34. The lowest BCUT2D eigenvalue weighted by Gasteiger charge is -2.34. The number of nitrogens with one attached hydrogen (secondary N) is 1. The van der Waals surface area contributed by atoms with Gasteiger partial charge in [-0.05, 0) is 73.4 Å². The molecule has 0 aliphatic carbocycles. The van der Waals surface area contributed by atoms with Crippen molar-refractivity contribution in [3.63, 3.8) is 0 Å². The van der Waals surface area contributed by atoms with E-state index in [1.165, 1.54) is 49.2 Å². The minimum atomic E-state index is 0.0373. The van der Waals surface area contributed by atoms with Gasteiger partial charge in [0.2, 0.25) is 0 Å². The highest BCUT2D eigenvalue weighted by Crippen LogP contribution is 2.28. The first-order valence-electron chi connectivity index (χ1n) is 12.0. The number of para-hydroxylation sites is 1. The van der Waals surface area contributed by atoms with Crippen LogP contribution in [0.4, 0.5) is 5.69 Å². The van der Waals surface area contributed by atoms with Crippen molar-refractivity contribution in [2.24, 2.45) is 11.8 Å². The molecule has 0 radical (unpaired) electrons. The average Bonchev–Trinajstić information content (AvgIpc) is 2.77. The Morgan fingerprint density at radius 1 is 1.03 bits per heavy atom. The molecule has 2 atom stereocenters. The Labute approximate surface area is 187 Å². The Balaban J connectivity index is 1.23. The molecule has 2 aliphatic heterocycles. The van der Waals surface area contributed by atoms with Crippen molar-refractivity contribution in [2.45, 2.75) is 46.1 Å². The number of likely N-dealkylation sites (tertiary alicyclic amines) is 1. The molecular formula is C27H37N3O. The summed E-state index contributed by atoms with van der Waals surface area (Å²) in [5, 5.41) is 3.10. The van der Waals surface area contributed by atoms with Gasteiger partial charge in [-0.1, -0.05) is 44.2 Å². The van der Waals surface area contributed by atoms with Crippen LogP contribution in [0.5, 0.6) is 0 Å². The Morgan fingerprint density at radius 2 is 1.77 bits per heavy atom. The van der Waals surface area contributed by atoms with Crippen LogP contribution < -0.4 is 10.2 Å². The molecule has 1 fully saturated rings. The number of rotatable bonds is 7. The van der Waals surface area contributed by atoms with Crippen LogP contribution in [0.15, 0.2) is 48.5 Å². The molecule has 1 saturated heterocycles. The third kappa shape index (κ3) is 5.88. The van der Waals surface area contributed by atoms with E-state index in [4.69, 9.17) is 0 Å². The maximum Gasteiger partial charge on any atom is 0.251 e. The summed E-state index contributed by atoms with van der Waals surface area (Å²) in [7, 11) is 0. The maximum absolute atomic E-state index is 12.5. The van der Waals surface area contributed by atoms with Crippen LogP contribution in [0.1, 0.15) is 54.6 Å². The third-order valence-electron chi connectivity index (χ3n) is 6.68. The average molecular weight is 420 g/mol. The summed E-state index contributed by atoms with van der Waals surface area (Å²) in [6.07, 6.45) is 4.72. The van der Waals surface area contributed by atoms with Crippen molar-refractivity contribution < 1.29 is 4.79 Å². The van der Waals surface area contributed by atoms with Crippen LogP contribution >= 0.6 is 0 Å². The summed E-state index contributed by atoms with van der Waals surface area (Å²) < 4.78 is 0. The number of hydrogen-bond donors (Lipinski definition) is 1. The van der Waals surface area contributed by atoms with Gasteiger partial charge in [0.15, 0.2) is 0 Å². The minimum Gasteiger partial charge on any atom is -0.367 e. The monoisotopic (exact) mass is 419 g/mol. The largest absolute Gasteiger partial charge is 0.367 e. The SMILES string of the molecule is C[C@@H]1C[C@H](C)CN(CCCNC(=O)c2ccc(CN3CCCc4ccccc43)cc2)C1. The molecule has 0 aromatic heterocycles. The van der Waals surface area contributed by atoms with E-state index >= 15 is 0 Å². The highest BCUT2D eigenvalue weighted by Gasteiger charge is 2.21. The first kappa shape index (κ1) is 21.9. The zero-order chi connectivity index (χ0) is 21.6. The molecule has 31 heavy (non-hydrogen) atoms. The number of benzene rings is 2. The van der Waals surface area contributed by atoms with Gasteiger partial charge >= 0.3 is 0 Å². The maximum atomic E-state index is 12.5. The van der Waals surface area contributed by atoms with Crippen molar-refractivity contribution in [1.29, 1.82) is 0 Å². The summed E-state index contributed by atoms with van der Waals surface area (Å²) in [6.45, 7) is 10.9. The number of carbonyl (C=O) groups is 1. The predicted molar refractivity (Wildman–Crippen MR) is 129 cm³/mol. The predicted octanol–water partition coefficient (Wildman–Crippen LogP) is 4.74. The molecule has 0 unspecified atom stereocenters. The Morgan fingerprint density at radius 3 is 2.55 bits per heavy atom. The van der Waals surface area contributed by atoms with E-state index in [0.29, 0.717) is 0 Å². The van der Waals surface area contributed by atoms with Gasteiger partial charge in [-0.2, -0.15) is 0 Å². The number of amides is 1. The van der Waals surface area contributed by atoms with Gasteiger partial charge < -0.3 is 15.1 Å². The molecular weight excluding hydrogens is 382 g/mol. The molecule has 4 rings (SSSR count). The minimum absolute atomic E-state index is 0.0373. The number of anilines is 1. The fourth-order valence-electron chi connectivity index (χ4n) is 5.34. The molecule has 0 spiro atoms. The number of aryl methyl sites for hydroxylation is 1. The molecule has 1 N–H and O–H groups in total. The van der Waals surface area contributed by atoms with Crippen molar-refractivity contribution in [3.05, 3.63) is 65.2 Å². The van der Waals surface area contributed by atoms with Crippen LogP contribution in [-0.4, -0.2) is 43.5 Å². The lowest BCUT2D eigenvalue weighted by Crippen LogP contribution is -2.40. The lowest BCUT2D eigenvalue weighted by atomic mass is 9.92. The summed E-state index contributed by atoms with van der Waals surface area (Å²) >= 11 is 0. The van der Waals surface area contributed by atoms with Crippen molar-refractivity contribution >= 4 is 11.6 Å². The second kappa shape index (κ2) is 10.3. The topological polar surface area (TPSA) is 35.6 Å². The van der Waals surface area contributed by atoms with Gasteiger partial charge in [-0.15, -0.1) is 0 Å². The van der Waals surface area contributed by atoms with E-state index in [1.807, 2.05) is 12.1 Å². The quantitative estimate of drug-likeness (QED) is 0.659. The number of piperidine rings is 1. The van der Waals surface area contributed by atoms with Crippen LogP contribution in [0.25, 0.3) is 0 Å². The number of fused-ring (bicyclic) bond motifs is 1. The zero-order valence-corrected chi connectivity index (χ0v) is 19.1. The summed E-state index contributed by atoms with van der Waals surface area (Å²) in [5.74, 6) is 1.61. The van der Waals surface area contributed by atoms with Crippen molar-refractivity contribution in [2.75, 3.05) is 37.6 Å². The zero-order valence-electron chi connectivity index (χ0n) is 19.1. The summed E-state index contributed by atoms with van der Waals surface area (Å²) in [4.78, 5) is 17.5. The third-order valence-corrected chi connectivity index (χ3v) is 6.68. The summed E-state index contributed by atoms with van der Waals surface area (Å²) in [6, 6.07) is 16.8. The molecule has 4 nitrogen and oxygen atoms in total. The van der Waals surface area contributed by atoms with Crippen LogP contribution in [0.2, 0.25) is 0 Å². The Hall–Kier alpha value is -2.33. The second-order valence-corrected chi connectivity index (χ2v) is 9.67. The van der Waals surface area contributed by atoms with E-state index in [9.17, 15) is 4.79 Å². The van der Waals surface area contributed by atoms with Gasteiger partial charge in [0.05, 0.1) is 0 Å². The van der Waals surface area contributed by atoms with E-state index in [-0.39, 0.29) is 5.91 Å². The van der Waals surface area contributed by atoms with Crippen molar-refractivity contribution in [3.8, 4) is 0 Å². The molecule has 0 bridgehead atoms.